The van der Waals surface area contributed by atoms with Crippen molar-refractivity contribution in [3.05, 3.63) is 60.0 Å². The number of hydrogen-bond acceptors (Lipinski definition) is 11. The summed E-state index contributed by atoms with van der Waals surface area (Å²) in [7, 11) is -7.84. The molecule has 1 unspecified atom stereocenters. The predicted molar refractivity (Wildman–Crippen MR) is 118 cm³/mol. The number of hydrogen-bond donors (Lipinski definition) is 5. The lowest BCUT2D eigenvalue weighted by atomic mass is 9.92. The first kappa shape index (κ1) is 26.2. The SMILES string of the molecule is N#C[C@@]1(c2ccc3c(=N)n(COP(=O)(O)O)cnn23)O[C@H](CO[PH](=O)Oc2ccccc2)[C@@H](O)[C@H]1O. The molecule has 3 aromatic rings. The highest BCUT2D eigenvalue weighted by Gasteiger charge is 2.57. The number of nitrogens with zero attached hydrogens (tertiary/aromatic N) is 4. The molecule has 2 aromatic heterocycles. The zero-order valence-corrected chi connectivity index (χ0v) is 20.1. The van der Waals surface area contributed by atoms with Crippen molar-refractivity contribution >= 4 is 21.6 Å². The van der Waals surface area contributed by atoms with Gasteiger partial charge in [0.25, 0.3) is 0 Å². The third kappa shape index (κ3) is 5.14. The molecule has 1 aliphatic heterocycles. The summed E-state index contributed by atoms with van der Waals surface area (Å²) in [5.41, 5.74) is -2.35. The van der Waals surface area contributed by atoms with Gasteiger partial charge in [0.1, 0.15) is 48.7 Å². The van der Waals surface area contributed by atoms with E-state index >= 15 is 0 Å². The summed E-state index contributed by atoms with van der Waals surface area (Å²) in [5.74, 6) is 0.307. The second-order valence-electron chi connectivity index (χ2n) is 7.63. The van der Waals surface area contributed by atoms with Crippen LogP contribution in [0.15, 0.2) is 48.8 Å². The minimum atomic E-state index is -4.80. The number of rotatable bonds is 9. The number of phosphoric acid groups is 1. The van der Waals surface area contributed by atoms with Crippen LogP contribution in [0.25, 0.3) is 5.52 Å². The van der Waals surface area contributed by atoms with Gasteiger partial charge in [-0.1, -0.05) is 18.2 Å². The molecule has 36 heavy (non-hydrogen) atoms. The Morgan fingerprint density at radius 3 is 2.64 bits per heavy atom. The van der Waals surface area contributed by atoms with E-state index in [9.17, 15) is 24.6 Å². The van der Waals surface area contributed by atoms with Crippen molar-refractivity contribution in [3.8, 4) is 11.8 Å². The quantitative estimate of drug-likeness (QED) is 0.226. The lowest BCUT2D eigenvalue weighted by Gasteiger charge is -2.24. The second-order valence-corrected chi connectivity index (χ2v) is 9.86. The van der Waals surface area contributed by atoms with Crippen LogP contribution in [0.5, 0.6) is 5.75 Å². The molecular formula is C19H21N5O10P2. The summed E-state index contributed by atoms with van der Waals surface area (Å²) in [6, 6.07) is 12.8. The van der Waals surface area contributed by atoms with E-state index in [-0.39, 0.29) is 16.7 Å². The molecule has 1 aromatic carbocycles. The molecule has 0 aliphatic carbocycles. The molecule has 0 amide bonds. The van der Waals surface area contributed by atoms with Gasteiger partial charge in [-0.2, -0.15) is 10.4 Å². The van der Waals surface area contributed by atoms with Crippen molar-refractivity contribution in [2.45, 2.75) is 30.6 Å². The number of ether oxygens (including phenoxy) is 1. The Kier molecular flexibility index (Phi) is 7.44. The summed E-state index contributed by atoms with van der Waals surface area (Å²) < 4.78 is 45.7. The zero-order valence-electron chi connectivity index (χ0n) is 18.2. The summed E-state index contributed by atoms with van der Waals surface area (Å²) in [6.07, 6.45) is -3.61. The number of aliphatic hydroxyl groups excluding tert-OH is 2. The molecule has 5 atom stereocenters. The van der Waals surface area contributed by atoms with Crippen LogP contribution in [-0.2, 0) is 35.2 Å². The van der Waals surface area contributed by atoms with Crippen LogP contribution in [0, 0.1) is 16.7 Å². The average Bonchev–Trinajstić information content (AvgIpc) is 3.38. The van der Waals surface area contributed by atoms with E-state index in [4.69, 9.17) is 29.0 Å². The Labute approximate surface area is 203 Å². The van der Waals surface area contributed by atoms with Crippen LogP contribution in [0.4, 0.5) is 0 Å². The number of phosphoric ester groups is 1. The molecule has 1 saturated heterocycles. The molecule has 0 saturated carbocycles. The molecule has 5 N–H and O–H groups in total. The highest BCUT2D eigenvalue weighted by Crippen LogP contribution is 2.41. The number of fused-ring (bicyclic) bond motifs is 1. The zero-order chi connectivity index (χ0) is 26.1. The first-order valence-electron chi connectivity index (χ1n) is 10.2. The van der Waals surface area contributed by atoms with E-state index in [2.05, 4.69) is 9.62 Å². The topological polar surface area (TPSA) is 222 Å². The maximum atomic E-state index is 12.2. The van der Waals surface area contributed by atoms with Gasteiger partial charge in [0.05, 0.1) is 12.3 Å². The molecule has 4 rings (SSSR count). The monoisotopic (exact) mass is 541 g/mol. The van der Waals surface area contributed by atoms with Crippen molar-refractivity contribution in [3.63, 3.8) is 0 Å². The van der Waals surface area contributed by atoms with Crippen LogP contribution in [-0.4, -0.2) is 59.1 Å². The van der Waals surface area contributed by atoms with Crippen molar-refractivity contribution < 1.29 is 47.4 Å². The smallest absolute Gasteiger partial charge is 0.426 e. The number of aliphatic hydroxyl groups is 2. The fourth-order valence-corrected chi connectivity index (χ4v) is 4.61. The summed E-state index contributed by atoms with van der Waals surface area (Å²) in [4.78, 5) is 17.8. The molecule has 1 fully saturated rings. The third-order valence-corrected chi connectivity index (χ3v) is 6.63. The highest BCUT2D eigenvalue weighted by atomic mass is 31.2. The maximum absolute atomic E-state index is 12.2. The standard InChI is InChI=1S/C19H21N5O10P2/c20-9-19(15-7-6-13-18(21)23(10-22-24(13)15)11-32-36(28,29)30)17(26)16(25)14(33-19)8-31-35(27)34-12-4-2-1-3-5-12/h1-7,10,14,16-17,21,25-26,35H,8,11H2,(H2,28,29,30)/t14-,16-,17-,19+/m1/s1. The molecule has 15 nitrogen and oxygen atoms in total. The molecule has 0 spiro atoms. The van der Waals surface area contributed by atoms with E-state index in [1.165, 1.54) is 12.1 Å². The Bertz CT molecular complexity index is 1420. The fourth-order valence-electron chi connectivity index (χ4n) is 3.65. The van der Waals surface area contributed by atoms with E-state index < -0.39 is 53.3 Å². The van der Waals surface area contributed by atoms with Crippen LogP contribution < -0.4 is 10.0 Å². The van der Waals surface area contributed by atoms with E-state index in [1.807, 2.05) is 6.07 Å². The number of nitriles is 1. The molecule has 3 heterocycles. The first-order chi connectivity index (χ1) is 17.1. The predicted octanol–water partition coefficient (Wildman–Crippen LogP) is 0.00685. The van der Waals surface area contributed by atoms with Crippen LogP contribution in [0.1, 0.15) is 5.69 Å². The van der Waals surface area contributed by atoms with E-state index in [1.54, 1.807) is 30.3 Å². The van der Waals surface area contributed by atoms with Crippen molar-refractivity contribution in [1.29, 1.82) is 10.7 Å². The molecule has 1 aliphatic rings. The van der Waals surface area contributed by atoms with Gasteiger partial charge in [0, 0.05) is 0 Å². The number of aromatic nitrogens is 3. The highest BCUT2D eigenvalue weighted by molar-refractivity contribution is 7.46. The molecular weight excluding hydrogens is 520 g/mol. The molecule has 192 valence electrons. The minimum Gasteiger partial charge on any atom is -0.426 e. The Balaban J connectivity index is 1.55. The first-order valence-corrected chi connectivity index (χ1v) is 13.0. The van der Waals surface area contributed by atoms with Crippen molar-refractivity contribution in [2.24, 2.45) is 0 Å². The van der Waals surface area contributed by atoms with Crippen LogP contribution in [0.3, 0.4) is 0 Å². The Morgan fingerprint density at radius 1 is 1.25 bits per heavy atom. The Morgan fingerprint density at radius 2 is 1.97 bits per heavy atom. The van der Waals surface area contributed by atoms with Crippen molar-refractivity contribution in [2.75, 3.05) is 6.61 Å². The van der Waals surface area contributed by atoms with Crippen molar-refractivity contribution in [1.82, 2.24) is 14.2 Å². The minimum absolute atomic E-state index is 0.0289. The van der Waals surface area contributed by atoms with Gasteiger partial charge in [-0.15, -0.1) is 0 Å². The Hall–Kier alpha value is -2.89. The summed E-state index contributed by atoms with van der Waals surface area (Å²) in [5, 5.41) is 43.6. The average molecular weight is 541 g/mol. The third-order valence-electron chi connectivity index (χ3n) is 5.37. The summed E-state index contributed by atoms with van der Waals surface area (Å²) >= 11 is 0. The van der Waals surface area contributed by atoms with Gasteiger partial charge in [-0.25, -0.2) is 13.6 Å². The second kappa shape index (κ2) is 10.2. The van der Waals surface area contributed by atoms with Gasteiger partial charge >= 0.3 is 16.1 Å². The van der Waals surface area contributed by atoms with Gasteiger partial charge < -0.3 is 29.3 Å². The largest absolute Gasteiger partial charge is 0.471 e. The van der Waals surface area contributed by atoms with Crippen LogP contribution in [0.2, 0.25) is 0 Å². The lowest BCUT2D eigenvalue weighted by molar-refractivity contribution is -0.0612. The molecule has 17 heteroatoms. The van der Waals surface area contributed by atoms with E-state index in [0.717, 1.165) is 15.4 Å². The number of para-hydroxylation sites is 1. The van der Waals surface area contributed by atoms with E-state index in [0.29, 0.717) is 5.75 Å². The normalized spacial score (nSPS) is 25.0. The summed E-state index contributed by atoms with van der Waals surface area (Å²) in [6.45, 7) is -1.13. The molecule has 0 radical (unpaired) electrons. The fraction of sp³-hybridized carbons (Fsp3) is 0.316. The number of benzene rings is 1. The maximum Gasteiger partial charge on any atom is 0.471 e. The number of nitrogens with one attached hydrogen (secondary N) is 1. The molecule has 0 bridgehead atoms. The lowest BCUT2D eigenvalue weighted by Crippen LogP contribution is -2.41. The van der Waals surface area contributed by atoms with Gasteiger partial charge in [0.2, 0.25) is 5.60 Å². The van der Waals surface area contributed by atoms with Gasteiger partial charge in [-0.05, 0) is 24.3 Å². The van der Waals surface area contributed by atoms with Gasteiger partial charge in [0.15, 0.2) is 5.49 Å². The van der Waals surface area contributed by atoms with Crippen LogP contribution >= 0.6 is 16.1 Å². The van der Waals surface area contributed by atoms with Gasteiger partial charge in [-0.3, -0.25) is 19.0 Å².